The van der Waals surface area contributed by atoms with Gasteiger partial charge in [0, 0.05) is 36.8 Å². The third-order valence-corrected chi connectivity index (χ3v) is 2.84. The van der Waals surface area contributed by atoms with Gasteiger partial charge < -0.3 is 5.32 Å². The first kappa shape index (κ1) is 9.43. The summed E-state index contributed by atoms with van der Waals surface area (Å²) in [6.07, 6.45) is 3.92. The van der Waals surface area contributed by atoms with Gasteiger partial charge >= 0.3 is 0 Å². The highest BCUT2D eigenvalue weighted by molar-refractivity contribution is 7.09. The molecule has 0 radical (unpaired) electrons. The van der Waals surface area contributed by atoms with E-state index in [9.17, 15) is 0 Å². The summed E-state index contributed by atoms with van der Waals surface area (Å²) in [5.41, 5.74) is 1.23. The van der Waals surface area contributed by atoms with Crippen LogP contribution in [0.25, 0.3) is 0 Å². The predicted octanol–water partition coefficient (Wildman–Crippen LogP) is 1.77. The molecule has 14 heavy (non-hydrogen) atoms. The van der Waals surface area contributed by atoms with E-state index in [4.69, 9.17) is 0 Å². The molecule has 2 aromatic heterocycles. The van der Waals surface area contributed by atoms with Crippen LogP contribution in [0.4, 0.5) is 0 Å². The molecule has 0 aliphatic heterocycles. The first-order valence-corrected chi connectivity index (χ1v) is 5.43. The summed E-state index contributed by atoms with van der Waals surface area (Å²) in [5, 5.41) is 9.58. The topological polar surface area (TPSA) is 29.9 Å². The number of aromatic nitrogens is 2. The monoisotopic (exact) mass is 207 g/mol. The lowest BCUT2D eigenvalue weighted by molar-refractivity contribution is 0.699. The number of rotatable bonds is 4. The molecule has 0 aliphatic rings. The summed E-state index contributed by atoms with van der Waals surface area (Å²) >= 11 is 1.78. The minimum atomic E-state index is 0.881. The third-order valence-electron chi connectivity index (χ3n) is 1.97. The molecule has 74 valence electrons. The lowest BCUT2D eigenvalue weighted by Gasteiger charge is -1.99. The molecule has 4 heteroatoms. The maximum absolute atomic E-state index is 4.11. The smallest absolute Gasteiger partial charge is 0.0534 e. The fourth-order valence-corrected chi connectivity index (χ4v) is 1.98. The van der Waals surface area contributed by atoms with E-state index in [-0.39, 0.29) is 0 Å². The first-order chi connectivity index (χ1) is 6.84. The molecule has 0 saturated heterocycles. The van der Waals surface area contributed by atoms with Crippen molar-refractivity contribution in [3.63, 3.8) is 0 Å². The number of hydrogen-bond acceptors (Lipinski definition) is 3. The zero-order chi connectivity index (χ0) is 9.80. The number of thiophene rings is 1. The molecule has 0 saturated carbocycles. The summed E-state index contributed by atoms with van der Waals surface area (Å²) in [5.74, 6) is 0. The molecule has 0 aromatic carbocycles. The van der Waals surface area contributed by atoms with Gasteiger partial charge in [-0.15, -0.1) is 11.3 Å². The maximum atomic E-state index is 4.11. The summed E-state index contributed by atoms with van der Waals surface area (Å²) in [7, 11) is 1.93. The molecule has 0 bridgehead atoms. The van der Waals surface area contributed by atoms with E-state index < -0.39 is 0 Å². The molecular formula is C10H13N3S. The van der Waals surface area contributed by atoms with Crippen molar-refractivity contribution in [2.45, 2.75) is 13.1 Å². The van der Waals surface area contributed by atoms with Crippen LogP contribution < -0.4 is 5.32 Å². The lowest BCUT2D eigenvalue weighted by atomic mass is 10.3. The second-order valence-corrected chi connectivity index (χ2v) is 4.24. The molecular weight excluding hydrogens is 194 g/mol. The van der Waals surface area contributed by atoms with Gasteiger partial charge in [0.1, 0.15) is 0 Å². The van der Waals surface area contributed by atoms with Crippen molar-refractivity contribution < 1.29 is 0 Å². The van der Waals surface area contributed by atoms with Crippen LogP contribution in [0.5, 0.6) is 0 Å². The van der Waals surface area contributed by atoms with Gasteiger partial charge in [0.2, 0.25) is 0 Å². The van der Waals surface area contributed by atoms with Crippen LogP contribution in [0.3, 0.4) is 0 Å². The zero-order valence-corrected chi connectivity index (χ0v) is 8.92. The number of nitrogens with zero attached hydrogens (tertiary/aromatic N) is 2. The highest BCUT2D eigenvalue weighted by Gasteiger charge is 1.96. The van der Waals surface area contributed by atoms with E-state index in [1.165, 1.54) is 10.4 Å². The minimum absolute atomic E-state index is 0.881. The molecule has 2 rings (SSSR count). The lowest BCUT2D eigenvalue weighted by Crippen LogP contribution is -2.11. The van der Waals surface area contributed by atoms with Crippen LogP contribution in [-0.2, 0) is 20.1 Å². The van der Waals surface area contributed by atoms with Crippen molar-refractivity contribution >= 4 is 11.3 Å². The van der Waals surface area contributed by atoms with Crippen LogP contribution in [0.1, 0.15) is 10.4 Å². The standard InChI is InChI=1S/C10H13N3S/c1-13-8-9(6-12-13)5-11-7-10-3-2-4-14-10/h2-4,6,8,11H,5,7H2,1H3. The number of hydrogen-bond donors (Lipinski definition) is 1. The van der Waals surface area contributed by atoms with Gasteiger partial charge in [-0.2, -0.15) is 5.10 Å². The summed E-state index contributed by atoms with van der Waals surface area (Å²) < 4.78 is 1.82. The quantitative estimate of drug-likeness (QED) is 0.828. The van der Waals surface area contributed by atoms with Crippen LogP contribution in [0, 0.1) is 0 Å². The Labute approximate surface area is 87.4 Å². The Kier molecular flexibility index (Phi) is 2.96. The van der Waals surface area contributed by atoms with Crippen molar-refractivity contribution in [3.05, 3.63) is 40.3 Å². The molecule has 2 heterocycles. The number of nitrogens with one attached hydrogen (secondary N) is 1. The maximum Gasteiger partial charge on any atom is 0.0534 e. The Hall–Kier alpha value is -1.13. The van der Waals surface area contributed by atoms with Gasteiger partial charge in [0.15, 0.2) is 0 Å². The molecule has 2 aromatic rings. The first-order valence-electron chi connectivity index (χ1n) is 4.55. The average Bonchev–Trinajstić information content (AvgIpc) is 2.77. The van der Waals surface area contributed by atoms with E-state index in [1.807, 2.05) is 24.1 Å². The highest BCUT2D eigenvalue weighted by Crippen LogP contribution is 2.07. The van der Waals surface area contributed by atoms with Crippen molar-refractivity contribution in [1.29, 1.82) is 0 Å². The highest BCUT2D eigenvalue weighted by atomic mass is 32.1. The van der Waals surface area contributed by atoms with Gasteiger partial charge in [-0.3, -0.25) is 4.68 Å². The largest absolute Gasteiger partial charge is 0.308 e. The van der Waals surface area contributed by atoms with Crippen molar-refractivity contribution in [2.24, 2.45) is 7.05 Å². The minimum Gasteiger partial charge on any atom is -0.308 e. The third kappa shape index (κ3) is 2.43. The van der Waals surface area contributed by atoms with Gasteiger partial charge in [-0.05, 0) is 11.4 Å². The van der Waals surface area contributed by atoms with E-state index in [0.29, 0.717) is 0 Å². The second-order valence-electron chi connectivity index (χ2n) is 3.21. The summed E-state index contributed by atoms with van der Waals surface area (Å²) in [4.78, 5) is 1.37. The molecule has 0 aliphatic carbocycles. The average molecular weight is 207 g/mol. The second kappa shape index (κ2) is 4.39. The number of aryl methyl sites for hydroxylation is 1. The van der Waals surface area contributed by atoms with Gasteiger partial charge in [0.25, 0.3) is 0 Å². The Morgan fingerprint density at radius 1 is 1.50 bits per heavy atom. The molecule has 0 atom stereocenters. The summed E-state index contributed by atoms with van der Waals surface area (Å²) in [6, 6.07) is 4.21. The molecule has 0 spiro atoms. The van der Waals surface area contributed by atoms with Crippen LogP contribution in [0.2, 0.25) is 0 Å². The normalized spacial score (nSPS) is 10.6. The molecule has 0 fully saturated rings. The van der Waals surface area contributed by atoms with Gasteiger partial charge in [-0.25, -0.2) is 0 Å². The Bertz CT molecular complexity index is 378. The predicted molar refractivity (Wildman–Crippen MR) is 58.1 cm³/mol. The van der Waals surface area contributed by atoms with Crippen LogP contribution in [0.15, 0.2) is 29.9 Å². The van der Waals surface area contributed by atoms with E-state index in [0.717, 1.165) is 13.1 Å². The van der Waals surface area contributed by atoms with Gasteiger partial charge in [-0.1, -0.05) is 6.07 Å². The van der Waals surface area contributed by atoms with Crippen LogP contribution in [-0.4, -0.2) is 9.78 Å². The van der Waals surface area contributed by atoms with Crippen molar-refractivity contribution in [1.82, 2.24) is 15.1 Å². The van der Waals surface area contributed by atoms with E-state index >= 15 is 0 Å². The van der Waals surface area contributed by atoms with Crippen molar-refractivity contribution in [3.8, 4) is 0 Å². The Balaban J connectivity index is 1.78. The molecule has 0 amide bonds. The van der Waals surface area contributed by atoms with Crippen LogP contribution >= 0.6 is 11.3 Å². The van der Waals surface area contributed by atoms with Crippen molar-refractivity contribution in [2.75, 3.05) is 0 Å². The Morgan fingerprint density at radius 3 is 3.07 bits per heavy atom. The Morgan fingerprint density at radius 2 is 2.43 bits per heavy atom. The molecule has 3 nitrogen and oxygen atoms in total. The molecule has 1 N–H and O–H groups in total. The van der Waals surface area contributed by atoms with E-state index in [2.05, 4.69) is 27.9 Å². The fraction of sp³-hybridized carbons (Fsp3) is 0.300. The molecule has 0 unspecified atom stereocenters. The van der Waals surface area contributed by atoms with Gasteiger partial charge in [0.05, 0.1) is 6.20 Å². The summed E-state index contributed by atoms with van der Waals surface area (Å²) in [6.45, 7) is 1.82. The SMILES string of the molecule is Cn1cc(CNCc2cccs2)cn1. The zero-order valence-electron chi connectivity index (χ0n) is 8.10. The van der Waals surface area contributed by atoms with E-state index in [1.54, 1.807) is 11.3 Å². The fourth-order valence-electron chi connectivity index (χ4n) is 1.31.